The number of aryl methyl sites for hydroxylation is 1. The van der Waals surface area contributed by atoms with Crippen molar-refractivity contribution in [2.45, 2.75) is 20.0 Å². The number of thiophene rings is 1. The highest BCUT2D eigenvalue weighted by Gasteiger charge is 2.17. The van der Waals surface area contributed by atoms with Crippen LogP contribution in [0.2, 0.25) is 0 Å². The van der Waals surface area contributed by atoms with Crippen LogP contribution in [-0.4, -0.2) is 27.2 Å². The molecule has 0 atom stereocenters. The maximum atomic E-state index is 13.0. The van der Waals surface area contributed by atoms with Crippen molar-refractivity contribution in [3.05, 3.63) is 58.3 Å². The molecule has 29 heavy (non-hydrogen) atoms. The second kappa shape index (κ2) is 6.85. The lowest BCUT2D eigenvalue weighted by Crippen LogP contribution is -2.33. The van der Waals surface area contributed by atoms with Gasteiger partial charge in [0.2, 0.25) is 12.7 Å². The Morgan fingerprint density at radius 2 is 2.14 bits per heavy atom. The number of nitrogens with one attached hydrogen (secondary N) is 1. The van der Waals surface area contributed by atoms with Crippen LogP contribution in [0.4, 0.5) is 0 Å². The van der Waals surface area contributed by atoms with Gasteiger partial charge in [-0.05, 0) is 36.8 Å². The van der Waals surface area contributed by atoms with E-state index in [2.05, 4.69) is 15.3 Å². The van der Waals surface area contributed by atoms with Crippen LogP contribution >= 0.6 is 11.3 Å². The standard InChI is InChI=1S/C20H16N4O4S/c1-11-23-17-13-3-2-6-21-19(13)29-18(17)20(26)24(11)9-16(25)22-8-12-4-5-14-15(7-12)28-10-27-14/h2-7H,8-10H2,1H3,(H,22,25). The molecule has 0 bridgehead atoms. The molecule has 0 unspecified atom stereocenters. The molecule has 1 aliphatic heterocycles. The van der Waals surface area contributed by atoms with Crippen LogP contribution < -0.4 is 20.3 Å². The third-order valence-corrected chi connectivity index (χ3v) is 5.86. The van der Waals surface area contributed by atoms with Crippen molar-refractivity contribution in [3.8, 4) is 11.5 Å². The fourth-order valence-electron chi connectivity index (χ4n) is 3.30. The molecule has 0 fully saturated rings. The molecule has 0 aliphatic carbocycles. The molecule has 1 aliphatic rings. The minimum absolute atomic E-state index is 0.0974. The maximum Gasteiger partial charge on any atom is 0.272 e. The van der Waals surface area contributed by atoms with Gasteiger partial charge in [0.15, 0.2) is 11.5 Å². The molecule has 0 saturated heterocycles. The van der Waals surface area contributed by atoms with E-state index >= 15 is 0 Å². The number of carbonyl (C=O) groups is 1. The average molecular weight is 408 g/mol. The van der Waals surface area contributed by atoms with Gasteiger partial charge in [-0.1, -0.05) is 6.07 Å². The predicted molar refractivity (Wildman–Crippen MR) is 108 cm³/mol. The van der Waals surface area contributed by atoms with Gasteiger partial charge in [0.05, 0.1) is 5.52 Å². The minimum Gasteiger partial charge on any atom is -0.454 e. The highest BCUT2D eigenvalue weighted by atomic mass is 32.1. The van der Waals surface area contributed by atoms with Crippen molar-refractivity contribution in [1.29, 1.82) is 0 Å². The van der Waals surface area contributed by atoms with Crippen molar-refractivity contribution >= 4 is 37.7 Å². The Kier molecular flexibility index (Phi) is 4.17. The molecular weight excluding hydrogens is 392 g/mol. The molecule has 1 amide bonds. The lowest BCUT2D eigenvalue weighted by atomic mass is 10.2. The van der Waals surface area contributed by atoms with E-state index in [4.69, 9.17) is 9.47 Å². The highest BCUT2D eigenvalue weighted by Crippen LogP contribution is 2.32. The maximum absolute atomic E-state index is 13.0. The fraction of sp³-hybridized carbons (Fsp3) is 0.200. The van der Waals surface area contributed by atoms with E-state index in [1.54, 1.807) is 13.1 Å². The van der Waals surface area contributed by atoms with Gasteiger partial charge in [-0.25, -0.2) is 9.97 Å². The van der Waals surface area contributed by atoms with Gasteiger partial charge in [0.1, 0.15) is 21.9 Å². The van der Waals surface area contributed by atoms with Crippen LogP contribution in [0, 0.1) is 6.92 Å². The number of ether oxygens (including phenoxy) is 2. The topological polar surface area (TPSA) is 95.3 Å². The molecule has 3 aromatic heterocycles. The lowest BCUT2D eigenvalue weighted by Gasteiger charge is -2.10. The van der Waals surface area contributed by atoms with Gasteiger partial charge in [-0.3, -0.25) is 14.2 Å². The summed E-state index contributed by atoms with van der Waals surface area (Å²) in [5.41, 5.74) is 1.29. The van der Waals surface area contributed by atoms with Crippen molar-refractivity contribution in [1.82, 2.24) is 19.9 Å². The molecule has 0 radical (unpaired) electrons. The first-order chi connectivity index (χ1) is 14.1. The molecule has 4 aromatic rings. The van der Waals surface area contributed by atoms with E-state index in [1.807, 2.05) is 30.3 Å². The summed E-state index contributed by atoms with van der Waals surface area (Å²) in [6.45, 7) is 2.16. The normalized spacial score (nSPS) is 12.6. The molecule has 146 valence electrons. The molecule has 9 heteroatoms. The van der Waals surface area contributed by atoms with E-state index < -0.39 is 0 Å². The number of nitrogens with zero attached hydrogens (tertiary/aromatic N) is 3. The summed E-state index contributed by atoms with van der Waals surface area (Å²) < 4.78 is 12.5. The molecule has 1 N–H and O–H groups in total. The second-order valence-corrected chi connectivity index (χ2v) is 7.65. The van der Waals surface area contributed by atoms with Crippen LogP contribution in [0.3, 0.4) is 0 Å². The quantitative estimate of drug-likeness (QED) is 0.557. The van der Waals surface area contributed by atoms with E-state index in [-0.39, 0.29) is 24.8 Å². The summed E-state index contributed by atoms with van der Waals surface area (Å²) in [5.74, 6) is 1.58. The van der Waals surface area contributed by atoms with Gasteiger partial charge >= 0.3 is 0 Å². The number of hydrogen-bond donors (Lipinski definition) is 1. The lowest BCUT2D eigenvalue weighted by molar-refractivity contribution is -0.121. The van der Waals surface area contributed by atoms with Crippen LogP contribution in [-0.2, 0) is 17.9 Å². The highest BCUT2D eigenvalue weighted by molar-refractivity contribution is 7.25. The van der Waals surface area contributed by atoms with E-state index in [0.717, 1.165) is 15.8 Å². The first kappa shape index (κ1) is 17.6. The molecule has 0 spiro atoms. The monoisotopic (exact) mass is 408 g/mol. The van der Waals surface area contributed by atoms with Gasteiger partial charge in [-0.15, -0.1) is 11.3 Å². The summed E-state index contributed by atoms with van der Waals surface area (Å²) in [4.78, 5) is 35.0. The Morgan fingerprint density at radius 1 is 1.28 bits per heavy atom. The number of carbonyl (C=O) groups excluding carboxylic acids is 1. The molecule has 8 nitrogen and oxygen atoms in total. The fourth-order valence-corrected chi connectivity index (χ4v) is 4.34. The van der Waals surface area contributed by atoms with Crippen LogP contribution in [0.5, 0.6) is 11.5 Å². The number of hydrogen-bond acceptors (Lipinski definition) is 7. The van der Waals surface area contributed by atoms with E-state index in [0.29, 0.717) is 34.1 Å². The third kappa shape index (κ3) is 3.09. The SMILES string of the molecule is Cc1nc2c(sc3ncccc32)c(=O)n1CC(=O)NCc1ccc2c(c1)OCO2. The molecular formula is C20H16N4O4S. The largest absolute Gasteiger partial charge is 0.454 e. The minimum atomic E-state index is -0.270. The predicted octanol–water partition coefficient (Wildman–Crippen LogP) is 2.36. The van der Waals surface area contributed by atoms with Crippen LogP contribution in [0.25, 0.3) is 20.4 Å². The van der Waals surface area contributed by atoms with Gasteiger partial charge in [0, 0.05) is 18.1 Å². The molecule has 0 saturated carbocycles. The van der Waals surface area contributed by atoms with E-state index in [9.17, 15) is 9.59 Å². The van der Waals surface area contributed by atoms with Crippen molar-refractivity contribution in [2.75, 3.05) is 6.79 Å². The van der Waals surface area contributed by atoms with Crippen LogP contribution in [0.1, 0.15) is 11.4 Å². The van der Waals surface area contributed by atoms with Crippen LogP contribution in [0.15, 0.2) is 41.3 Å². The summed E-state index contributed by atoms with van der Waals surface area (Å²) in [5, 5.41) is 3.69. The first-order valence-electron chi connectivity index (χ1n) is 9.00. The van der Waals surface area contributed by atoms with Gasteiger partial charge < -0.3 is 14.8 Å². The zero-order valence-electron chi connectivity index (χ0n) is 15.5. The number of fused-ring (bicyclic) bond motifs is 4. The van der Waals surface area contributed by atoms with Gasteiger partial charge in [-0.2, -0.15) is 0 Å². The number of aromatic nitrogens is 3. The van der Waals surface area contributed by atoms with Crippen molar-refractivity contribution in [2.24, 2.45) is 0 Å². The molecule has 4 heterocycles. The summed E-state index contributed by atoms with van der Waals surface area (Å²) >= 11 is 1.30. The number of pyridine rings is 1. The second-order valence-electron chi connectivity index (χ2n) is 6.65. The number of amides is 1. The Bertz CT molecular complexity index is 1330. The van der Waals surface area contributed by atoms with E-state index in [1.165, 1.54) is 15.9 Å². The van der Waals surface area contributed by atoms with Crippen molar-refractivity contribution < 1.29 is 14.3 Å². The Balaban J connectivity index is 1.37. The van der Waals surface area contributed by atoms with Gasteiger partial charge in [0.25, 0.3) is 5.56 Å². The average Bonchev–Trinajstić information content (AvgIpc) is 3.34. The van der Waals surface area contributed by atoms with Crippen molar-refractivity contribution in [3.63, 3.8) is 0 Å². The number of benzene rings is 1. The smallest absolute Gasteiger partial charge is 0.272 e. The zero-order chi connectivity index (χ0) is 20.0. The third-order valence-electron chi connectivity index (χ3n) is 4.77. The molecule has 1 aromatic carbocycles. The number of rotatable bonds is 4. The first-order valence-corrected chi connectivity index (χ1v) is 9.82. The molecule has 5 rings (SSSR count). The summed E-state index contributed by atoms with van der Waals surface area (Å²) in [6, 6.07) is 9.22. The Morgan fingerprint density at radius 3 is 3.03 bits per heavy atom. The Labute approximate surface area is 168 Å². The Hall–Kier alpha value is -3.46. The summed E-state index contributed by atoms with van der Waals surface area (Å²) in [6.07, 6.45) is 1.69. The summed E-state index contributed by atoms with van der Waals surface area (Å²) in [7, 11) is 0. The zero-order valence-corrected chi connectivity index (χ0v) is 16.3.